The number of benzene rings is 1. The van der Waals surface area contributed by atoms with Crippen molar-refractivity contribution in [3.05, 3.63) is 41.5 Å². The van der Waals surface area contributed by atoms with Crippen LogP contribution in [0.25, 0.3) is 22.2 Å². The van der Waals surface area contributed by atoms with Crippen LogP contribution in [-0.2, 0) is 7.05 Å². The normalized spacial score (nSPS) is 11.2. The summed E-state index contributed by atoms with van der Waals surface area (Å²) >= 11 is 0. The maximum Gasteiger partial charge on any atom is 0.356 e. The van der Waals surface area contributed by atoms with Crippen LogP contribution in [0.5, 0.6) is 0 Å². The number of hydrogen-bond acceptors (Lipinski definition) is 2. The molecule has 20 heavy (non-hydrogen) atoms. The highest BCUT2D eigenvalue weighted by atomic mass is 19.1. The third-order valence-corrected chi connectivity index (χ3v) is 3.22. The Morgan fingerprint density at radius 3 is 2.75 bits per heavy atom. The van der Waals surface area contributed by atoms with Gasteiger partial charge >= 0.3 is 5.97 Å². The molecule has 0 amide bonds. The number of fused-ring (bicyclic) bond motifs is 1. The average Bonchev–Trinajstić information content (AvgIpc) is 2.90. The van der Waals surface area contributed by atoms with Gasteiger partial charge in [0.2, 0.25) is 0 Å². The van der Waals surface area contributed by atoms with E-state index in [0.29, 0.717) is 11.3 Å². The number of aromatic amines is 1. The van der Waals surface area contributed by atoms with Crippen LogP contribution >= 0.6 is 0 Å². The summed E-state index contributed by atoms with van der Waals surface area (Å²) in [4.78, 5) is 14.1. The zero-order chi connectivity index (χ0) is 14.4. The zero-order valence-electron chi connectivity index (χ0n) is 10.9. The number of aryl methyl sites for hydroxylation is 2. The first-order valence-corrected chi connectivity index (χ1v) is 6.02. The molecule has 2 heterocycles. The number of nitrogens with one attached hydrogen (secondary N) is 1. The number of aromatic carboxylic acids is 1. The number of nitrogens with zero attached hydrogens (tertiary/aromatic N) is 2. The van der Waals surface area contributed by atoms with E-state index in [2.05, 4.69) is 10.1 Å². The third-order valence-electron chi connectivity index (χ3n) is 3.22. The lowest BCUT2D eigenvalue weighted by Gasteiger charge is -2.04. The minimum absolute atomic E-state index is 0.107. The van der Waals surface area contributed by atoms with Gasteiger partial charge in [0.15, 0.2) is 5.69 Å². The Morgan fingerprint density at radius 1 is 1.35 bits per heavy atom. The summed E-state index contributed by atoms with van der Waals surface area (Å²) in [6.07, 6.45) is 0. The van der Waals surface area contributed by atoms with Crippen molar-refractivity contribution in [1.29, 1.82) is 0 Å². The Labute approximate surface area is 113 Å². The number of aromatic nitrogens is 3. The number of carbonyl (C=O) groups is 1. The molecular weight excluding hydrogens is 261 g/mol. The molecule has 5 nitrogen and oxygen atoms in total. The third kappa shape index (κ3) is 1.85. The lowest BCUT2D eigenvalue weighted by molar-refractivity contribution is 0.0689. The van der Waals surface area contributed by atoms with Crippen LogP contribution in [0.2, 0.25) is 0 Å². The maximum atomic E-state index is 14.2. The maximum absolute atomic E-state index is 14.2. The van der Waals surface area contributed by atoms with Crippen LogP contribution in [0.4, 0.5) is 4.39 Å². The summed E-state index contributed by atoms with van der Waals surface area (Å²) in [5.74, 6) is -1.54. The SMILES string of the molecule is Cc1cc2cc(F)c(-c3cc(C(=O)O)nn3C)cc2[nH]1. The van der Waals surface area contributed by atoms with E-state index in [1.165, 1.54) is 16.8 Å². The Balaban J connectivity index is 2.23. The Bertz CT molecular complexity index is 832. The van der Waals surface area contributed by atoms with Crippen molar-refractivity contribution in [3.63, 3.8) is 0 Å². The first kappa shape index (κ1) is 12.4. The molecule has 0 saturated carbocycles. The van der Waals surface area contributed by atoms with Crippen LogP contribution < -0.4 is 0 Å². The number of carboxylic acids is 1. The summed E-state index contributed by atoms with van der Waals surface area (Å²) in [7, 11) is 1.59. The molecule has 0 aliphatic heterocycles. The van der Waals surface area contributed by atoms with E-state index >= 15 is 0 Å². The zero-order valence-corrected chi connectivity index (χ0v) is 10.9. The van der Waals surface area contributed by atoms with Crippen molar-refractivity contribution < 1.29 is 14.3 Å². The summed E-state index contributed by atoms with van der Waals surface area (Å²) < 4.78 is 15.6. The van der Waals surface area contributed by atoms with Gasteiger partial charge in [-0.1, -0.05) is 0 Å². The Morgan fingerprint density at radius 2 is 2.10 bits per heavy atom. The molecule has 0 bridgehead atoms. The second-order valence-electron chi connectivity index (χ2n) is 4.72. The second kappa shape index (κ2) is 4.19. The van der Waals surface area contributed by atoms with Gasteiger partial charge in [-0.15, -0.1) is 0 Å². The van der Waals surface area contributed by atoms with Gasteiger partial charge in [-0.3, -0.25) is 4.68 Å². The molecule has 2 aromatic heterocycles. The van der Waals surface area contributed by atoms with E-state index in [1.807, 2.05) is 13.0 Å². The lowest BCUT2D eigenvalue weighted by atomic mass is 10.1. The molecule has 0 aliphatic carbocycles. The molecule has 0 aliphatic rings. The van der Waals surface area contributed by atoms with Gasteiger partial charge in [-0.05, 0) is 31.2 Å². The van der Waals surface area contributed by atoms with E-state index in [9.17, 15) is 9.18 Å². The van der Waals surface area contributed by atoms with Gasteiger partial charge in [-0.2, -0.15) is 5.10 Å². The summed E-state index contributed by atoms with van der Waals surface area (Å²) in [5, 5.41) is 13.6. The Hall–Kier alpha value is -2.63. The largest absolute Gasteiger partial charge is 0.476 e. The fourth-order valence-electron chi connectivity index (χ4n) is 2.32. The molecule has 6 heteroatoms. The molecule has 1 aromatic carbocycles. The predicted molar refractivity (Wildman–Crippen MR) is 72.2 cm³/mol. The Kier molecular flexibility index (Phi) is 2.60. The molecule has 3 aromatic rings. The number of carboxylic acid groups (broad SMARTS) is 1. The first-order valence-electron chi connectivity index (χ1n) is 6.02. The fraction of sp³-hybridized carbons (Fsp3) is 0.143. The highest BCUT2D eigenvalue weighted by Gasteiger charge is 2.16. The van der Waals surface area contributed by atoms with Gasteiger partial charge in [0.05, 0.1) is 5.69 Å². The molecule has 0 unspecified atom stereocenters. The molecule has 0 saturated heterocycles. The van der Waals surface area contributed by atoms with Crippen molar-refractivity contribution in [1.82, 2.24) is 14.8 Å². The van der Waals surface area contributed by atoms with E-state index in [1.54, 1.807) is 13.1 Å². The number of rotatable bonds is 2. The van der Waals surface area contributed by atoms with Gasteiger partial charge in [-0.25, -0.2) is 9.18 Å². The van der Waals surface area contributed by atoms with Gasteiger partial charge in [0.25, 0.3) is 0 Å². The summed E-state index contributed by atoms with van der Waals surface area (Å²) in [6.45, 7) is 1.89. The predicted octanol–water partition coefficient (Wildman–Crippen LogP) is 2.71. The van der Waals surface area contributed by atoms with Crippen LogP contribution in [0.1, 0.15) is 16.2 Å². The summed E-state index contributed by atoms with van der Waals surface area (Å²) in [5.41, 5.74) is 2.38. The molecule has 0 atom stereocenters. The fourth-order valence-corrected chi connectivity index (χ4v) is 2.32. The highest BCUT2D eigenvalue weighted by molar-refractivity contribution is 5.89. The van der Waals surface area contributed by atoms with Crippen LogP contribution in [0.3, 0.4) is 0 Å². The van der Waals surface area contributed by atoms with Crippen LogP contribution in [0, 0.1) is 12.7 Å². The monoisotopic (exact) mass is 273 g/mol. The van der Waals surface area contributed by atoms with Crippen molar-refractivity contribution >= 4 is 16.9 Å². The molecule has 0 spiro atoms. The van der Waals surface area contributed by atoms with Crippen LogP contribution in [-0.4, -0.2) is 25.8 Å². The highest BCUT2D eigenvalue weighted by Crippen LogP contribution is 2.28. The van der Waals surface area contributed by atoms with E-state index in [-0.39, 0.29) is 5.69 Å². The number of halogens is 1. The quantitative estimate of drug-likeness (QED) is 0.754. The minimum atomic E-state index is -1.14. The molecule has 0 fully saturated rings. The van der Waals surface area contributed by atoms with E-state index < -0.39 is 11.8 Å². The van der Waals surface area contributed by atoms with E-state index in [0.717, 1.165) is 16.6 Å². The molecule has 102 valence electrons. The number of hydrogen-bond donors (Lipinski definition) is 2. The molecule has 2 N–H and O–H groups in total. The molecule has 3 rings (SSSR count). The van der Waals surface area contributed by atoms with E-state index in [4.69, 9.17) is 5.11 Å². The van der Waals surface area contributed by atoms with Crippen molar-refractivity contribution in [2.24, 2.45) is 7.05 Å². The summed E-state index contributed by atoms with van der Waals surface area (Å²) in [6, 6.07) is 6.32. The molecular formula is C14H12FN3O2. The first-order chi connectivity index (χ1) is 9.45. The average molecular weight is 273 g/mol. The van der Waals surface area contributed by atoms with Crippen molar-refractivity contribution in [3.8, 4) is 11.3 Å². The standard InChI is InChI=1S/C14H12FN3O2/c1-7-3-8-4-10(15)9(5-11(8)16-7)13-6-12(14(19)20)17-18(13)2/h3-6,16H,1-2H3,(H,19,20). The van der Waals surface area contributed by atoms with Gasteiger partial charge in [0.1, 0.15) is 5.82 Å². The molecule has 0 radical (unpaired) electrons. The smallest absolute Gasteiger partial charge is 0.356 e. The second-order valence-corrected chi connectivity index (χ2v) is 4.72. The van der Waals surface area contributed by atoms with Gasteiger partial charge < -0.3 is 10.1 Å². The van der Waals surface area contributed by atoms with Crippen LogP contribution in [0.15, 0.2) is 24.3 Å². The topological polar surface area (TPSA) is 70.9 Å². The van der Waals surface area contributed by atoms with Gasteiger partial charge in [0, 0.05) is 29.2 Å². The van der Waals surface area contributed by atoms with Crippen molar-refractivity contribution in [2.45, 2.75) is 6.92 Å². The number of H-pyrrole nitrogens is 1. The minimum Gasteiger partial charge on any atom is -0.476 e. The van der Waals surface area contributed by atoms with Crippen molar-refractivity contribution in [2.75, 3.05) is 0 Å². The lowest BCUT2D eigenvalue weighted by Crippen LogP contribution is -1.99.